The lowest BCUT2D eigenvalue weighted by Crippen LogP contribution is -2.28. The van der Waals surface area contributed by atoms with E-state index in [1.165, 1.54) is 6.07 Å². The number of hydrogen-bond donors (Lipinski definition) is 0. The van der Waals surface area contributed by atoms with Gasteiger partial charge in [-0.2, -0.15) is 21.6 Å². The fraction of sp³-hybridized carbons (Fsp3) is 0.200. The average molecular weight is 342 g/mol. The molecule has 4 rings (SSSR count). The van der Waals surface area contributed by atoms with Crippen molar-refractivity contribution in [3.05, 3.63) is 53.6 Å². The van der Waals surface area contributed by atoms with Crippen molar-refractivity contribution in [1.29, 1.82) is 0 Å². The molecule has 0 saturated carbocycles. The fourth-order valence-corrected chi connectivity index (χ4v) is 3.45. The zero-order chi connectivity index (χ0) is 16.4. The van der Waals surface area contributed by atoms with Crippen LogP contribution in [0.1, 0.15) is 23.3 Å². The van der Waals surface area contributed by atoms with Crippen LogP contribution in [0.3, 0.4) is 0 Å². The van der Waals surface area contributed by atoms with Gasteiger partial charge in [-0.15, -0.1) is 0 Å². The number of rotatable bonds is 2. The topological polar surface area (TPSA) is 52.6 Å². The third kappa shape index (κ3) is 2.05. The van der Waals surface area contributed by atoms with Crippen LogP contribution in [0.4, 0.5) is 13.2 Å². The van der Waals surface area contributed by atoms with Crippen LogP contribution < -0.4 is 4.18 Å². The number of halogens is 3. The molecule has 2 heterocycles. The number of fused-ring (bicyclic) bond motifs is 7. The van der Waals surface area contributed by atoms with Crippen molar-refractivity contribution in [2.45, 2.75) is 17.7 Å². The van der Waals surface area contributed by atoms with Gasteiger partial charge in [-0.3, -0.25) is 0 Å². The van der Waals surface area contributed by atoms with Crippen LogP contribution >= 0.6 is 0 Å². The van der Waals surface area contributed by atoms with Crippen molar-refractivity contribution in [3.63, 3.8) is 0 Å². The Labute approximate surface area is 129 Å². The van der Waals surface area contributed by atoms with E-state index in [2.05, 4.69) is 4.18 Å². The molecule has 2 aliphatic rings. The maximum atomic E-state index is 12.6. The highest BCUT2D eigenvalue weighted by Crippen LogP contribution is 2.53. The Kier molecular flexibility index (Phi) is 2.83. The molecule has 2 bridgehead atoms. The number of benzene rings is 2. The molecule has 0 radical (unpaired) electrons. The summed E-state index contributed by atoms with van der Waals surface area (Å²) in [6, 6.07) is 8.30. The summed E-state index contributed by atoms with van der Waals surface area (Å²) in [7, 11) is -5.74. The minimum absolute atomic E-state index is 0.337. The summed E-state index contributed by atoms with van der Waals surface area (Å²) in [5, 5.41) is 1.39. The van der Waals surface area contributed by atoms with Crippen LogP contribution in [0, 0.1) is 0 Å². The molecule has 0 spiro atoms. The molecule has 8 heteroatoms. The van der Waals surface area contributed by atoms with E-state index in [0.717, 1.165) is 5.39 Å². The summed E-state index contributed by atoms with van der Waals surface area (Å²) < 4.78 is 70.6. The Morgan fingerprint density at radius 2 is 1.70 bits per heavy atom. The van der Waals surface area contributed by atoms with E-state index >= 15 is 0 Å². The van der Waals surface area contributed by atoms with Gasteiger partial charge in [0.05, 0.1) is 0 Å². The molecule has 2 aliphatic heterocycles. The van der Waals surface area contributed by atoms with Crippen molar-refractivity contribution >= 4 is 20.9 Å². The first-order valence-corrected chi connectivity index (χ1v) is 8.09. The molecule has 0 saturated heterocycles. The summed E-state index contributed by atoms with van der Waals surface area (Å²) in [4.78, 5) is 0. The number of alkyl halides is 3. The first-order valence-electron chi connectivity index (χ1n) is 6.68. The summed E-state index contributed by atoms with van der Waals surface area (Å²) in [6.07, 6.45) is 2.46. The predicted octanol–water partition coefficient (Wildman–Crippen LogP) is 3.75. The predicted molar refractivity (Wildman–Crippen MR) is 75.3 cm³/mol. The molecule has 120 valence electrons. The van der Waals surface area contributed by atoms with Gasteiger partial charge >= 0.3 is 15.6 Å². The zero-order valence-corrected chi connectivity index (χ0v) is 12.2. The summed E-state index contributed by atoms with van der Waals surface area (Å²) in [5.74, 6) is -0.340. The molecule has 0 N–H and O–H groups in total. The lowest BCUT2D eigenvalue weighted by molar-refractivity contribution is -0.0500. The van der Waals surface area contributed by atoms with Gasteiger partial charge in [-0.1, -0.05) is 36.4 Å². The van der Waals surface area contributed by atoms with Gasteiger partial charge in [-0.05, 0) is 16.8 Å². The van der Waals surface area contributed by atoms with Crippen LogP contribution in [-0.4, -0.2) is 13.9 Å². The number of hydrogen-bond acceptors (Lipinski definition) is 4. The lowest BCUT2D eigenvalue weighted by Gasteiger charge is -2.17. The third-order valence-electron chi connectivity index (χ3n) is 3.90. The van der Waals surface area contributed by atoms with Gasteiger partial charge in [0.1, 0.15) is 18.0 Å². The molecule has 2 aromatic rings. The molecule has 2 aromatic carbocycles. The molecular weight excluding hydrogens is 333 g/mol. The summed E-state index contributed by atoms with van der Waals surface area (Å²) >= 11 is 0. The zero-order valence-electron chi connectivity index (χ0n) is 11.4. The second kappa shape index (κ2) is 4.48. The van der Waals surface area contributed by atoms with Crippen molar-refractivity contribution in [1.82, 2.24) is 0 Å². The SMILES string of the molecule is O=S(=O)(Oc1cc2ccccc2c2c1C1C=CC2O1)C(F)(F)F. The van der Waals surface area contributed by atoms with Crippen LogP contribution in [0.25, 0.3) is 10.8 Å². The van der Waals surface area contributed by atoms with E-state index < -0.39 is 27.8 Å². The minimum Gasteiger partial charge on any atom is -0.376 e. The third-order valence-corrected chi connectivity index (χ3v) is 4.87. The minimum atomic E-state index is -5.74. The van der Waals surface area contributed by atoms with Crippen molar-refractivity contribution in [3.8, 4) is 5.75 Å². The molecule has 4 nitrogen and oxygen atoms in total. The highest BCUT2D eigenvalue weighted by molar-refractivity contribution is 7.88. The first-order chi connectivity index (χ1) is 10.8. The van der Waals surface area contributed by atoms with E-state index in [1.54, 1.807) is 30.4 Å². The van der Waals surface area contributed by atoms with E-state index in [4.69, 9.17) is 4.74 Å². The van der Waals surface area contributed by atoms with Gasteiger partial charge in [-0.25, -0.2) is 0 Å². The molecule has 0 amide bonds. The van der Waals surface area contributed by atoms with Crippen LogP contribution in [0.2, 0.25) is 0 Å². The quantitative estimate of drug-likeness (QED) is 0.474. The maximum absolute atomic E-state index is 12.6. The Morgan fingerprint density at radius 3 is 2.39 bits per heavy atom. The summed E-state index contributed by atoms with van der Waals surface area (Å²) in [6.45, 7) is 0. The standard InChI is InChI=1S/C15H9F3O4S/c16-15(17,18)23(19,20)22-12-7-8-3-1-2-4-9(8)13-10-5-6-11(21-10)14(12)13/h1-7,10-11H. The van der Waals surface area contributed by atoms with Crippen LogP contribution in [0.15, 0.2) is 42.5 Å². The monoisotopic (exact) mass is 342 g/mol. The highest BCUT2D eigenvalue weighted by atomic mass is 32.2. The maximum Gasteiger partial charge on any atom is 0.534 e. The van der Waals surface area contributed by atoms with Crippen molar-refractivity contribution in [2.24, 2.45) is 0 Å². The van der Waals surface area contributed by atoms with E-state index in [-0.39, 0.29) is 5.75 Å². The van der Waals surface area contributed by atoms with Gasteiger partial charge in [0.2, 0.25) is 0 Å². The molecule has 0 fully saturated rings. The van der Waals surface area contributed by atoms with Gasteiger partial charge < -0.3 is 8.92 Å². The Balaban J connectivity index is 1.95. The van der Waals surface area contributed by atoms with Gasteiger partial charge in [0.25, 0.3) is 0 Å². The second-order valence-corrected chi connectivity index (χ2v) is 6.81. The highest BCUT2D eigenvalue weighted by Gasteiger charge is 2.49. The smallest absolute Gasteiger partial charge is 0.376 e. The summed E-state index contributed by atoms with van der Waals surface area (Å²) in [5.41, 5.74) is -4.49. The van der Waals surface area contributed by atoms with Gasteiger partial charge in [0.15, 0.2) is 0 Å². The van der Waals surface area contributed by atoms with E-state index in [1.807, 2.05) is 6.07 Å². The number of ether oxygens (including phenoxy) is 1. The van der Waals surface area contributed by atoms with Crippen LogP contribution in [0.5, 0.6) is 5.75 Å². The van der Waals surface area contributed by atoms with Gasteiger partial charge in [0, 0.05) is 11.1 Å². The Morgan fingerprint density at radius 1 is 1.04 bits per heavy atom. The molecular formula is C15H9F3O4S. The van der Waals surface area contributed by atoms with Crippen molar-refractivity contribution < 1.29 is 30.5 Å². The van der Waals surface area contributed by atoms with Crippen LogP contribution in [-0.2, 0) is 14.9 Å². The first kappa shape index (κ1) is 14.5. The Bertz CT molecular complexity index is 947. The molecule has 2 atom stereocenters. The Hall–Kier alpha value is -2.06. The van der Waals surface area contributed by atoms with E-state index in [0.29, 0.717) is 16.5 Å². The lowest BCUT2D eigenvalue weighted by atomic mass is 9.91. The molecule has 0 aliphatic carbocycles. The average Bonchev–Trinajstić information content (AvgIpc) is 3.07. The molecule has 23 heavy (non-hydrogen) atoms. The normalized spacial score (nSPS) is 22.6. The fourth-order valence-electron chi connectivity index (χ4n) is 2.98. The molecule has 2 unspecified atom stereocenters. The largest absolute Gasteiger partial charge is 0.534 e. The molecule has 0 aromatic heterocycles. The second-order valence-electron chi connectivity index (χ2n) is 5.27. The van der Waals surface area contributed by atoms with E-state index in [9.17, 15) is 21.6 Å². The van der Waals surface area contributed by atoms with Crippen molar-refractivity contribution in [2.75, 3.05) is 0 Å².